The number of nitrogen functional groups attached to an aromatic ring is 1. The molecule has 18 heavy (non-hydrogen) atoms. The molecular formula is C12H20N4O2. The van der Waals surface area contributed by atoms with Crippen LogP contribution in [0.1, 0.15) is 26.1 Å². The van der Waals surface area contributed by atoms with Crippen molar-refractivity contribution >= 4 is 11.6 Å². The Hall–Kier alpha value is -1.40. The number of nitrogens with zero attached hydrogens (tertiary/aromatic N) is 2. The summed E-state index contributed by atoms with van der Waals surface area (Å²) in [7, 11) is 0. The zero-order chi connectivity index (χ0) is 13.2. The third-order valence-electron chi connectivity index (χ3n) is 3.34. The highest BCUT2D eigenvalue weighted by Gasteiger charge is 2.39. The molecule has 2 atom stereocenters. The smallest absolute Gasteiger partial charge is 0.132 e. The molecule has 2 rings (SSSR count). The maximum absolute atomic E-state index is 10.4. The fourth-order valence-electron chi connectivity index (χ4n) is 2.01. The molecule has 1 aliphatic rings. The van der Waals surface area contributed by atoms with Gasteiger partial charge in [-0.15, -0.1) is 0 Å². The minimum absolute atomic E-state index is 0.171. The molecule has 1 saturated heterocycles. The van der Waals surface area contributed by atoms with E-state index in [1.165, 1.54) is 0 Å². The van der Waals surface area contributed by atoms with Crippen molar-refractivity contribution in [1.82, 2.24) is 9.97 Å². The molecule has 1 aliphatic heterocycles. The van der Waals surface area contributed by atoms with E-state index < -0.39 is 5.60 Å². The summed E-state index contributed by atoms with van der Waals surface area (Å²) in [6, 6.07) is 1.67. The van der Waals surface area contributed by atoms with Crippen LogP contribution in [0, 0.1) is 0 Å². The van der Waals surface area contributed by atoms with Gasteiger partial charge in [0.1, 0.15) is 23.1 Å². The van der Waals surface area contributed by atoms with Gasteiger partial charge in [0.2, 0.25) is 0 Å². The molecule has 100 valence electrons. The molecule has 4 N–H and O–H groups in total. The lowest BCUT2D eigenvalue weighted by atomic mass is 9.97. The van der Waals surface area contributed by atoms with Crippen molar-refractivity contribution in [2.45, 2.75) is 38.4 Å². The number of nitrogens with two attached hydrogens (primary N) is 1. The van der Waals surface area contributed by atoms with Gasteiger partial charge in [-0.3, -0.25) is 0 Å². The summed E-state index contributed by atoms with van der Waals surface area (Å²) >= 11 is 0. The lowest BCUT2D eigenvalue weighted by Crippen LogP contribution is -2.43. The van der Waals surface area contributed by atoms with E-state index in [2.05, 4.69) is 15.3 Å². The Morgan fingerprint density at radius 2 is 2.39 bits per heavy atom. The molecule has 0 saturated carbocycles. The van der Waals surface area contributed by atoms with Crippen molar-refractivity contribution in [2.24, 2.45) is 0 Å². The molecule has 0 aliphatic carbocycles. The summed E-state index contributed by atoms with van der Waals surface area (Å²) in [6.07, 6.45) is 1.18. The second-order valence-electron chi connectivity index (χ2n) is 4.67. The maximum Gasteiger partial charge on any atom is 0.132 e. The van der Waals surface area contributed by atoms with Crippen LogP contribution in [0.2, 0.25) is 0 Å². The Morgan fingerprint density at radius 3 is 3.00 bits per heavy atom. The van der Waals surface area contributed by atoms with Crippen LogP contribution in [0.3, 0.4) is 0 Å². The van der Waals surface area contributed by atoms with Gasteiger partial charge >= 0.3 is 0 Å². The van der Waals surface area contributed by atoms with E-state index >= 15 is 0 Å². The standard InChI is InChI=1S/C12H20N4O2/c1-3-10-15-9(13)6-11(16-10)14-7-12(17)4-5-18-8(12)2/h6,8,17H,3-5,7H2,1-2H3,(H3,13,14,15,16). The first-order valence-corrected chi connectivity index (χ1v) is 6.25. The molecule has 2 unspecified atom stereocenters. The normalized spacial score (nSPS) is 27.4. The van der Waals surface area contributed by atoms with Gasteiger partial charge in [-0.1, -0.05) is 6.92 Å². The molecule has 0 bridgehead atoms. The molecule has 1 aromatic heterocycles. The Kier molecular flexibility index (Phi) is 3.68. The van der Waals surface area contributed by atoms with Crippen LogP contribution in [0.15, 0.2) is 6.07 Å². The van der Waals surface area contributed by atoms with Gasteiger partial charge in [0.25, 0.3) is 0 Å². The first-order chi connectivity index (χ1) is 8.53. The number of ether oxygens (including phenoxy) is 1. The van der Waals surface area contributed by atoms with Crippen molar-refractivity contribution in [3.05, 3.63) is 11.9 Å². The Bertz CT molecular complexity index is 427. The summed E-state index contributed by atoms with van der Waals surface area (Å²) in [5, 5.41) is 13.5. The molecule has 0 spiro atoms. The highest BCUT2D eigenvalue weighted by molar-refractivity contribution is 5.45. The molecule has 1 aromatic rings. The van der Waals surface area contributed by atoms with Gasteiger partial charge in [0, 0.05) is 32.1 Å². The van der Waals surface area contributed by atoms with Gasteiger partial charge < -0.3 is 20.9 Å². The Morgan fingerprint density at radius 1 is 1.61 bits per heavy atom. The Balaban J connectivity index is 2.04. The maximum atomic E-state index is 10.4. The molecule has 6 heteroatoms. The van der Waals surface area contributed by atoms with E-state index in [4.69, 9.17) is 10.5 Å². The van der Waals surface area contributed by atoms with E-state index in [9.17, 15) is 5.11 Å². The minimum Gasteiger partial charge on any atom is -0.385 e. The average Bonchev–Trinajstić information content (AvgIpc) is 2.67. The monoisotopic (exact) mass is 252 g/mol. The fourth-order valence-corrected chi connectivity index (χ4v) is 2.01. The number of aromatic nitrogens is 2. The molecule has 2 heterocycles. The van der Waals surface area contributed by atoms with Crippen LogP contribution in [-0.2, 0) is 11.2 Å². The molecule has 0 amide bonds. The lowest BCUT2D eigenvalue weighted by molar-refractivity contribution is -0.0176. The van der Waals surface area contributed by atoms with Crippen molar-refractivity contribution in [3.8, 4) is 0 Å². The zero-order valence-corrected chi connectivity index (χ0v) is 10.8. The largest absolute Gasteiger partial charge is 0.385 e. The quantitative estimate of drug-likeness (QED) is 0.725. The van der Waals surface area contributed by atoms with Crippen molar-refractivity contribution < 1.29 is 9.84 Å². The van der Waals surface area contributed by atoms with Crippen molar-refractivity contribution in [2.75, 3.05) is 24.2 Å². The van der Waals surface area contributed by atoms with E-state index in [1.807, 2.05) is 13.8 Å². The third-order valence-corrected chi connectivity index (χ3v) is 3.34. The number of aryl methyl sites for hydroxylation is 1. The SMILES string of the molecule is CCc1nc(N)cc(NCC2(O)CCOC2C)n1. The summed E-state index contributed by atoms with van der Waals surface area (Å²) in [5.74, 6) is 1.78. The molecule has 0 radical (unpaired) electrons. The summed E-state index contributed by atoms with van der Waals surface area (Å²) in [5.41, 5.74) is 4.86. The van der Waals surface area contributed by atoms with Gasteiger partial charge in [-0.25, -0.2) is 9.97 Å². The van der Waals surface area contributed by atoms with Gasteiger partial charge in [-0.05, 0) is 6.92 Å². The van der Waals surface area contributed by atoms with Crippen LogP contribution in [0.4, 0.5) is 11.6 Å². The second kappa shape index (κ2) is 5.07. The first kappa shape index (κ1) is 13.0. The van der Waals surface area contributed by atoms with Gasteiger partial charge in [-0.2, -0.15) is 0 Å². The molecular weight excluding hydrogens is 232 g/mol. The highest BCUT2D eigenvalue weighted by Crippen LogP contribution is 2.25. The molecule has 1 fully saturated rings. The fraction of sp³-hybridized carbons (Fsp3) is 0.667. The van der Waals surface area contributed by atoms with E-state index in [0.717, 1.165) is 6.42 Å². The molecule has 0 aromatic carbocycles. The number of aliphatic hydroxyl groups is 1. The van der Waals surface area contributed by atoms with Crippen LogP contribution >= 0.6 is 0 Å². The minimum atomic E-state index is -0.841. The predicted octanol–water partition coefficient (Wildman–Crippen LogP) is 0.573. The second-order valence-corrected chi connectivity index (χ2v) is 4.67. The van der Waals surface area contributed by atoms with Crippen LogP contribution < -0.4 is 11.1 Å². The van der Waals surface area contributed by atoms with E-state index in [1.54, 1.807) is 6.07 Å². The van der Waals surface area contributed by atoms with E-state index in [0.29, 0.717) is 37.0 Å². The first-order valence-electron chi connectivity index (χ1n) is 6.25. The number of rotatable bonds is 4. The van der Waals surface area contributed by atoms with Gasteiger partial charge in [0.05, 0.1) is 6.10 Å². The Labute approximate surface area is 107 Å². The number of nitrogens with one attached hydrogen (secondary N) is 1. The zero-order valence-electron chi connectivity index (χ0n) is 10.8. The average molecular weight is 252 g/mol. The third kappa shape index (κ3) is 2.70. The summed E-state index contributed by atoms with van der Waals surface area (Å²) in [6.45, 7) is 4.83. The number of hydrogen-bond acceptors (Lipinski definition) is 6. The highest BCUT2D eigenvalue weighted by atomic mass is 16.5. The molecule has 6 nitrogen and oxygen atoms in total. The lowest BCUT2D eigenvalue weighted by Gasteiger charge is -2.26. The van der Waals surface area contributed by atoms with Crippen LogP contribution in [-0.4, -0.2) is 39.9 Å². The summed E-state index contributed by atoms with van der Waals surface area (Å²) in [4.78, 5) is 8.42. The number of hydrogen-bond donors (Lipinski definition) is 3. The van der Waals surface area contributed by atoms with Crippen molar-refractivity contribution in [3.63, 3.8) is 0 Å². The van der Waals surface area contributed by atoms with Crippen molar-refractivity contribution in [1.29, 1.82) is 0 Å². The predicted molar refractivity (Wildman–Crippen MR) is 69.3 cm³/mol. The number of anilines is 2. The van der Waals surface area contributed by atoms with E-state index in [-0.39, 0.29) is 6.10 Å². The summed E-state index contributed by atoms with van der Waals surface area (Å²) < 4.78 is 5.38. The van der Waals surface area contributed by atoms with Crippen LogP contribution in [0.25, 0.3) is 0 Å². The van der Waals surface area contributed by atoms with Crippen LogP contribution in [0.5, 0.6) is 0 Å². The topological polar surface area (TPSA) is 93.3 Å². The van der Waals surface area contributed by atoms with Gasteiger partial charge in [0.15, 0.2) is 0 Å².